The number of halogens is 4. The van der Waals surface area contributed by atoms with Crippen LogP contribution >= 0.6 is 11.6 Å². The van der Waals surface area contributed by atoms with Crippen LogP contribution in [0.3, 0.4) is 0 Å². The molecule has 172 valence electrons. The SMILES string of the molecule is COc1cccc(C(=O)N2CCN3C[C@](O)(c4ccc(C(F)(F)F)nc4)CC[C@H]3C2)c1Cl. The lowest BCUT2D eigenvalue weighted by atomic mass is 9.82. The third-order valence-electron chi connectivity index (χ3n) is 6.25. The Balaban J connectivity index is 1.45. The lowest BCUT2D eigenvalue weighted by Crippen LogP contribution is -2.60. The van der Waals surface area contributed by atoms with E-state index in [-0.39, 0.29) is 23.5 Å². The Morgan fingerprint density at radius 3 is 2.72 bits per heavy atom. The van der Waals surface area contributed by atoms with Gasteiger partial charge < -0.3 is 14.7 Å². The summed E-state index contributed by atoms with van der Waals surface area (Å²) < 4.78 is 43.6. The number of hydrogen-bond donors (Lipinski definition) is 1. The number of piperazine rings is 1. The maximum absolute atomic E-state index is 13.0. The number of ether oxygens (including phenoxy) is 1. The number of carbonyl (C=O) groups is 1. The van der Waals surface area contributed by atoms with Crippen LogP contribution in [0.4, 0.5) is 13.2 Å². The summed E-state index contributed by atoms with van der Waals surface area (Å²) in [5.74, 6) is 0.255. The molecule has 1 amide bonds. The van der Waals surface area contributed by atoms with E-state index in [1.807, 2.05) is 0 Å². The molecule has 2 aliphatic heterocycles. The Labute approximate surface area is 188 Å². The summed E-state index contributed by atoms with van der Waals surface area (Å²) in [6.07, 6.45) is -2.46. The molecule has 2 saturated heterocycles. The molecule has 1 aromatic heterocycles. The lowest BCUT2D eigenvalue weighted by Gasteiger charge is -2.49. The molecule has 2 aromatic rings. The Morgan fingerprint density at radius 2 is 2.06 bits per heavy atom. The Hall–Kier alpha value is -2.36. The number of alkyl halides is 3. The van der Waals surface area contributed by atoms with Gasteiger partial charge in [-0.3, -0.25) is 14.7 Å². The maximum atomic E-state index is 13.0. The van der Waals surface area contributed by atoms with Gasteiger partial charge in [0.15, 0.2) is 0 Å². The normalized spacial score (nSPS) is 24.2. The fourth-order valence-corrected chi connectivity index (χ4v) is 4.74. The molecule has 0 spiro atoms. The van der Waals surface area contributed by atoms with E-state index in [0.29, 0.717) is 49.4 Å². The third kappa shape index (κ3) is 4.29. The first-order valence-electron chi connectivity index (χ1n) is 10.2. The van der Waals surface area contributed by atoms with Crippen LogP contribution in [0, 0.1) is 0 Å². The number of carbonyl (C=O) groups excluding carboxylic acids is 1. The van der Waals surface area contributed by atoms with Crippen molar-refractivity contribution in [2.24, 2.45) is 0 Å². The first-order valence-corrected chi connectivity index (χ1v) is 10.6. The zero-order chi connectivity index (χ0) is 23.1. The van der Waals surface area contributed by atoms with E-state index in [1.54, 1.807) is 23.1 Å². The molecule has 0 radical (unpaired) electrons. The van der Waals surface area contributed by atoms with Gasteiger partial charge in [0, 0.05) is 44.0 Å². The zero-order valence-corrected chi connectivity index (χ0v) is 18.2. The number of nitrogens with zero attached hydrogens (tertiary/aromatic N) is 3. The largest absolute Gasteiger partial charge is 0.495 e. The molecule has 4 rings (SSSR count). The van der Waals surface area contributed by atoms with Crippen LogP contribution < -0.4 is 4.74 Å². The molecular formula is C22H23ClF3N3O3. The number of pyridine rings is 1. The number of piperidine rings is 1. The van der Waals surface area contributed by atoms with Gasteiger partial charge in [-0.15, -0.1) is 0 Å². The quantitative estimate of drug-likeness (QED) is 0.744. The van der Waals surface area contributed by atoms with Gasteiger partial charge in [0.1, 0.15) is 17.0 Å². The molecule has 1 aromatic carbocycles. The van der Waals surface area contributed by atoms with Crippen molar-refractivity contribution in [3.8, 4) is 5.75 Å². The average Bonchev–Trinajstić information content (AvgIpc) is 2.78. The highest BCUT2D eigenvalue weighted by Crippen LogP contribution is 2.37. The predicted molar refractivity (Wildman–Crippen MR) is 112 cm³/mol. The molecule has 32 heavy (non-hydrogen) atoms. The molecular weight excluding hydrogens is 447 g/mol. The molecule has 0 aliphatic carbocycles. The molecule has 2 fully saturated rings. The van der Waals surface area contributed by atoms with Crippen molar-refractivity contribution in [3.05, 3.63) is 58.4 Å². The van der Waals surface area contributed by atoms with Gasteiger partial charge in [-0.05, 0) is 31.0 Å². The van der Waals surface area contributed by atoms with Crippen LogP contribution in [-0.2, 0) is 11.8 Å². The van der Waals surface area contributed by atoms with Crippen LogP contribution in [0.15, 0.2) is 36.5 Å². The Kier molecular flexibility index (Phi) is 6.08. The van der Waals surface area contributed by atoms with Crippen molar-refractivity contribution in [1.82, 2.24) is 14.8 Å². The van der Waals surface area contributed by atoms with Gasteiger partial charge in [-0.1, -0.05) is 23.7 Å². The minimum atomic E-state index is -4.52. The first kappa shape index (κ1) is 22.8. The second-order valence-electron chi connectivity index (χ2n) is 8.20. The number of hydrogen-bond acceptors (Lipinski definition) is 5. The van der Waals surface area contributed by atoms with Gasteiger partial charge >= 0.3 is 6.18 Å². The number of amides is 1. The van der Waals surface area contributed by atoms with Gasteiger partial charge in [0.2, 0.25) is 0 Å². The highest BCUT2D eigenvalue weighted by Gasteiger charge is 2.43. The van der Waals surface area contributed by atoms with E-state index < -0.39 is 17.5 Å². The smallest absolute Gasteiger partial charge is 0.433 e. The summed E-state index contributed by atoms with van der Waals surface area (Å²) >= 11 is 6.31. The van der Waals surface area contributed by atoms with Crippen molar-refractivity contribution in [2.75, 3.05) is 33.3 Å². The molecule has 0 saturated carbocycles. The molecule has 1 N–H and O–H groups in total. The van der Waals surface area contributed by atoms with Gasteiger partial charge in [-0.25, -0.2) is 0 Å². The first-order chi connectivity index (χ1) is 15.1. The molecule has 3 heterocycles. The number of aliphatic hydroxyl groups is 1. The van der Waals surface area contributed by atoms with E-state index in [0.717, 1.165) is 12.3 Å². The van der Waals surface area contributed by atoms with E-state index in [1.165, 1.54) is 13.2 Å². The molecule has 0 unspecified atom stereocenters. The number of benzene rings is 1. The second-order valence-corrected chi connectivity index (χ2v) is 8.58. The Morgan fingerprint density at radius 1 is 1.28 bits per heavy atom. The molecule has 2 aliphatic rings. The van der Waals surface area contributed by atoms with Crippen LogP contribution in [0.1, 0.15) is 34.5 Å². The van der Waals surface area contributed by atoms with Crippen LogP contribution in [0.2, 0.25) is 5.02 Å². The standard InChI is InChI=1S/C22H23ClF3N3O3/c1-32-17-4-2-3-16(19(17)23)20(30)28-9-10-29-13-21(31,8-7-15(29)12-28)14-5-6-18(27-11-14)22(24,25)26/h2-6,11,15,31H,7-10,12-13H2,1H3/t15-,21-/m0/s1. The van der Waals surface area contributed by atoms with Crippen molar-refractivity contribution in [1.29, 1.82) is 0 Å². The van der Waals surface area contributed by atoms with E-state index in [4.69, 9.17) is 16.3 Å². The Bertz CT molecular complexity index is 1000. The average molecular weight is 470 g/mol. The number of fused-ring (bicyclic) bond motifs is 1. The van der Waals surface area contributed by atoms with Crippen molar-refractivity contribution in [3.63, 3.8) is 0 Å². The van der Waals surface area contributed by atoms with Gasteiger partial charge in [0.05, 0.1) is 17.7 Å². The fraction of sp³-hybridized carbons (Fsp3) is 0.455. The predicted octanol–water partition coefficient (Wildman–Crippen LogP) is 3.57. The maximum Gasteiger partial charge on any atom is 0.433 e. The van der Waals surface area contributed by atoms with Crippen LogP contribution in [0.5, 0.6) is 5.75 Å². The summed E-state index contributed by atoms with van der Waals surface area (Å²) in [5, 5.41) is 11.4. The highest BCUT2D eigenvalue weighted by molar-refractivity contribution is 6.35. The summed E-state index contributed by atoms with van der Waals surface area (Å²) in [6.45, 7) is 1.74. The molecule has 2 atom stereocenters. The van der Waals surface area contributed by atoms with Gasteiger partial charge in [0.25, 0.3) is 5.91 Å². The zero-order valence-electron chi connectivity index (χ0n) is 17.4. The summed E-state index contributed by atoms with van der Waals surface area (Å²) in [7, 11) is 1.49. The van der Waals surface area contributed by atoms with E-state index in [2.05, 4.69) is 9.88 Å². The monoisotopic (exact) mass is 469 g/mol. The number of aromatic nitrogens is 1. The van der Waals surface area contributed by atoms with E-state index in [9.17, 15) is 23.1 Å². The topological polar surface area (TPSA) is 65.9 Å². The fourth-order valence-electron chi connectivity index (χ4n) is 4.46. The molecule has 0 bridgehead atoms. The third-order valence-corrected chi connectivity index (χ3v) is 6.64. The minimum absolute atomic E-state index is 0.0414. The number of rotatable bonds is 3. The van der Waals surface area contributed by atoms with E-state index >= 15 is 0 Å². The number of methoxy groups -OCH3 is 1. The van der Waals surface area contributed by atoms with Gasteiger partial charge in [-0.2, -0.15) is 13.2 Å². The highest BCUT2D eigenvalue weighted by atomic mass is 35.5. The van der Waals surface area contributed by atoms with Crippen LogP contribution in [-0.4, -0.2) is 65.1 Å². The van der Waals surface area contributed by atoms with Crippen molar-refractivity contribution < 1.29 is 27.8 Å². The minimum Gasteiger partial charge on any atom is -0.495 e. The second kappa shape index (κ2) is 8.53. The molecule has 10 heteroatoms. The summed E-state index contributed by atoms with van der Waals surface area (Å²) in [5.41, 5.74) is -1.52. The summed E-state index contributed by atoms with van der Waals surface area (Å²) in [6, 6.07) is 7.30. The summed E-state index contributed by atoms with van der Waals surface area (Å²) in [4.78, 5) is 20.4. The lowest BCUT2D eigenvalue weighted by molar-refractivity contribution is -0.141. The molecule has 6 nitrogen and oxygen atoms in total. The van der Waals surface area contributed by atoms with Crippen molar-refractivity contribution >= 4 is 17.5 Å². The van der Waals surface area contributed by atoms with Crippen LogP contribution in [0.25, 0.3) is 0 Å². The van der Waals surface area contributed by atoms with Crippen molar-refractivity contribution in [2.45, 2.75) is 30.7 Å².